The molecule has 1 heterocycles. The first-order valence-electron chi connectivity index (χ1n) is 5.39. The van der Waals surface area contributed by atoms with Gasteiger partial charge in [0.05, 0.1) is 0 Å². The Morgan fingerprint density at radius 3 is 2.71 bits per heavy atom. The van der Waals surface area contributed by atoms with Crippen LogP contribution in [0.3, 0.4) is 0 Å². The number of hydrogen-bond donors (Lipinski definition) is 2. The summed E-state index contributed by atoms with van der Waals surface area (Å²) in [7, 11) is 0. The van der Waals surface area contributed by atoms with Crippen molar-refractivity contribution in [2.24, 2.45) is 0 Å². The maximum Gasteiger partial charge on any atom is 0.0342 e. The molecule has 14 heavy (non-hydrogen) atoms. The van der Waals surface area contributed by atoms with E-state index >= 15 is 0 Å². The van der Waals surface area contributed by atoms with Crippen LogP contribution in [0.25, 0.3) is 0 Å². The lowest BCUT2D eigenvalue weighted by molar-refractivity contribution is 0.339. The van der Waals surface area contributed by atoms with Gasteiger partial charge < -0.3 is 10.6 Å². The van der Waals surface area contributed by atoms with Crippen molar-refractivity contribution in [2.45, 2.75) is 31.8 Å². The molecule has 2 atom stereocenters. The maximum absolute atomic E-state index is 3.50. The second-order valence-electron chi connectivity index (χ2n) is 4.09. The van der Waals surface area contributed by atoms with E-state index in [1.807, 2.05) is 6.07 Å². The molecule has 0 spiro atoms. The van der Waals surface area contributed by atoms with Crippen molar-refractivity contribution < 1.29 is 0 Å². The number of hydrogen-bond acceptors (Lipinski definition) is 2. The number of benzene rings is 1. The third kappa shape index (κ3) is 2.48. The topological polar surface area (TPSA) is 24.1 Å². The van der Waals surface area contributed by atoms with Gasteiger partial charge in [0, 0.05) is 17.8 Å². The molecule has 76 valence electrons. The largest absolute Gasteiger partial charge is 0.383 e. The van der Waals surface area contributed by atoms with Crippen molar-refractivity contribution in [3.8, 4) is 0 Å². The molecule has 0 saturated carbocycles. The van der Waals surface area contributed by atoms with Gasteiger partial charge in [0.25, 0.3) is 0 Å². The van der Waals surface area contributed by atoms with Crippen LogP contribution in [0.15, 0.2) is 30.3 Å². The molecular weight excluding hydrogens is 172 g/mol. The van der Waals surface area contributed by atoms with E-state index in [4.69, 9.17) is 0 Å². The third-order valence-corrected chi connectivity index (χ3v) is 2.75. The second-order valence-corrected chi connectivity index (χ2v) is 4.09. The minimum Gasteiger partial charge on any atom is -0.383 e. The van der Waals surface area contributed by atoms with Gasteiger partial charge in [-0.2, -0.15) is 0 Å². The zero-order valence-electron chi connectivity index (χ0n) is 8.66. The highest BCUT2D eigenvalue weighted by atomic mass is 15.0. The molecule has 2 rings (SSSR count). The zero-order valence-corrected chi connectivity index (χ0v) is 8.66. The third-order valence-electron chi connectivity index (χ3n) is 2.75. The van der Waals surface area contributed by atoms with Crippen molar-refractivity contribution in [1.29, 1.82) is 0 Å². The molecule has 2 nitrogen and oxygen atoms in total. The molecule has 1 unspecified atom stereocenters. The summed E-state index contributed by atoms with van der Waals surface area (Å²) in [5.74, 6) is 0. The van der Waals surface area contributed by atoms with Crippen LogP contribution < -0.4 is 10.6 Å². The molecule has 2 heteroatoms. The zero-order chi connectivity index (χ0) is 9.80. The Morgan fingerprint density at radius 1 is 1.43 bits per heavy atom. The SMILES string of the molecule is C[C@@H](CC1CCN1)Nc1ccccc1. The highest BCUT2D eigenvalue weighted by molar-refractivity contribution is 5.43. The predicted octanol–water partition coefficient (Wildman–Crippen LogP) is 2.24. The Hall–Kier alpha value is -1.02. The Morgan fingerprint density at radius 2 is 2.14 bits per heavy atom. The van der Waals surface area contributed by atoms with Gasteiger partial charge in [-0.15, -0.1) is 0 Å². The first-order chi connectivity index (χ1) is 6.84. The van der Waals surface area contributed by atoms with Crippen LogP contribution in [0.5, 0.6) is 0 Å². The Labute approximate surface area is 85.7 Å². The number of para-hydroxylation sites is 1. The molecule has 1 aromatic carbocycles. The van der Waals surface area contributed by atoms with Crippen LogP contribution >= 0.6 is 0 Å². The van der Waals surface area contributed by atoms with Gasteiger partial charge in [-0.25, -0.2) is 0 Å². The second kappa shape index (κ2) is 4.47. The van der Waals surface area contributed by atoms with Crippen molar-refractivity contribution in [1.82, 2.24) is 5.32 Å². The molecule has 0 aliphatic carbocycles. The normalized spacial score (nSPS) is 22.5. The Kier molecular flexibility index (Phi) is 3.04. The van der Waals surface area contributed by atoms with E-state index in [1.54, 1.807) is 0 Å². The number of rotatable bonds is 4. The van der Waals surface area contributed by atoms with Crippen molar-refractivity contribution in [2.75, 3.05) is 11.9 Å². The first-order valence-corrected chi connectivity index (χ1v) is 5.39. The standard InChI is InChI=1S/C12H18N2/c1-10(9-12-7-8-13-12)14-11-5-3-2-4-6-11/h2-6,10,12-14H,7-9H2,1H3/t10-,12?/m0/s1. The average molecular weight is 190 g/mol. The summed E-state index contributed by atoms with van der Waals surface area (Å²) in [6.45, 7) is 3.44. The van der Waals surface area contributed by atoms with E-state index in [9.17, 15) is 0 Å². The van der Waals surface area contributed by atoms with Gasteiger partial charge in [0.15, 0.2) is 0 Å². The molecule has 0 bridgehead atoms. The van der Waals surface area contributed by atoms with Gasteiger partial charge in [-0.05, 0) is 38.4 Å². The van der Waals surface area contributed by atoms with Crippen molar-refractivity contribution >= 4 is 5.69 Å². The van der Waals surface area contributed by atoms with E-state index in [1.165, 1.54) is 25.1 Å². The van der Waals surface area contributed by atoms with Gasteiger partial charge in [0.1, 0.15) is 0 Å². The molecule has 0 radical (unpaired) electrons. The fraction of sp³-hybridized carbons (Fsp3) is 0.500. The molecule has 1 saturated heterocycles. The van der Waals surface area contributed by atoms with Crippen LogP contribution in [0.2, 0.25) is 0 Å². The molecule has 1 aromatic rings. The van der Waals surface area contributed by atoms with Crippen LogP contribution in [-0.2, 0) is 0 Å². The fourth-order valence-corrected chi connectivity index (χ4v) is 1.85. The minimum absolute atomic E-state index is 0.551. The molecular formula is C12H18N2. The number of anilines is 1. The summed E-state index contributed by atoms with van der Waals surface area (Å²) in [5, 5.41) is 6.92. The lowest BCUT2D eigenvalue weighted by atomic mass is 9.99. The smallest absolute Gasteiger partial charge is 0.0342 e. The first kappa shape index (κ1) is 9.53. The number of nitrogens with one attached hydrogen (secondary N) is 2. The molecule has 1 aliphatic rings. The minimum atomic E-state index is 0.551. The molecule has 2 N–H and O–H groups in total. The maximum atomic E-state index is 3.50. The van der Waals surface area contributed by atoms with Gasteiger partial charge >= 0.3 is 0 Å². The summed E-state index contributed by atoms with van der Waals surface area (Å²) in [6.07, 6.45) is 2.55. The molecule has 1 aliphatic heterocycles. The summed E-state index contributed by atoms with van der Waals surface area (Å²) in [4.78, 5) is 0. The fourth-order valence-electron chi connectivity index (χ4n) is 1.85. The summed E-state index contributed by atoms with van der Waals surface area (Å²) < 4.78 is 0. The molecule has 1 fully saturated rings. The predicted molar refractivity (Wildman–Crippen MR) is 60.6 cm³/mol. The lowest BCUT2D eigenvalue weighted by Crippen LogP contribution is -2.45. The van der Waals surface area contributed by atoms with Gasteiger partial charge in [-0.1, -0.05) is 18.2 Å². The highest BCUT2D eigenvalue weighted by Crippen LogP contribution is 2.13. The van der Waals surface area contributed by atoms with Crippen LogP contribution in [0.1, 0.15) is 19.8 Å². The lowest BCUT2D eigenvalue weighted by Gasteiger charge is -2.30. The van der Waals surface area contributed by atoms with Crippen LogP contribution in [-0.4, -0.2) is 18.6 Å². The van der Waals surface area contributed by atoms with E-state index in [0.717, 1.165) is 6.04 Å². The summed E-state index contributed by atoms with van der Waals surface area (Å²) >= 11 is 0. The Bertz CT molecular complexity index is 267. The molecule has 0 amide bonds. The molecule has 0 aromatic heterocycles. The van der Waals surface area contributed by atoms with E-state index in [-0.39, 0.29) is 0 Å². The van der Waals surface area contributed by atoms with Crippen LogP contribution in [0.4, 0.5) is 5.69 Å². The van der Waals surface area contributed by atoms with Crippen LogP contribution in [0, 0.1) is 0 Å². The quantitative estimate of drug-likeness (QED) is 0.761. The van der Waals surface area contributed by atoms with E-state index in [0.29, 0.717) is 6.04 Å². The summed E-state index contributed by atoms with van der Waals surface area (Å²) in [6, 6.07) is 11.7. The monoisotopic (exact) mass is 190 g/mol. The van der Waals surface area contributed by atoms with Gasteiger partial charge in [0.2, 0.25) is 0 Å². The van der Waals surface area contributed by atoms with Crippen molar-refractivity contribution in [3.63, 3.8) is 0 Å². The average Bonchev–Trinajstić information content (AvgIpc) is 2.13. The summed E-state index contributed by atoms with van der Waals surface area (Å²) in [5.41, 5.74) is 1.22. The Balaban J connectivity index is 1.79. The van der Waals surface area contributed by atoms with Gasteiger partial charge in [-0.3, -0.25) is 0 Å². The van der Waals surface area contributed by atoms with E-state index < -0.39 is 0 Å². The van der Waals surface area contributed by atoms with E-state index in [2.05, 4.69) is 41.8 Å². The highest BCUT2D eigenvalue weighted by Gasteiger charge is 2.18. The van der Waals surface area contributed by atoms with Crippen molar-refractivity contribution in [3.05, 3.63) is 30.3 Å².